The molecule has 10 heteroatoms. The monoisotopic (exact) mass is 486 g/mol. The number of nitrogens with zero attached hydrogens (tertiary/aromatic N) is 4. The van der Waals surface area contributed by atoms with Gasteiger partial charge in [-0.2, -0.15) is 18.2 Å². The van der Waals surface area contributed by atoms with Crippen LogP contribution in [-0.2, 0) is 6.18 Å². The topological polar surface area (TPSA) is 83.0 Å². The summed E-state index contributed by atoms with van der Waals surface area (Å²) in [6, 6.07) is 10.2. The minimum Gasteiger partial charge on any atom is -0.362 e. The maximum Gasteiger partial charge on any atom is 0.433 e. The maximum atomic E-state index is 12.8. The molecule has 0 bridgehead atoms. The van der Waals surface area contributed by atoms with Crippen molar-refractivity contribution in [2.75, 3.05) is 30.9 Å². The van der Waals surface area contributed by atoms with Gasteiger partial charge in [0, 0.05) is 32.1 Å². The van der Waals surface area contributed by atoms with E-state index >= 15 is 0 Å². The highest BCUT2D eigenvalue weighted by Gasteiger charge is 2.33. The summed E-state index contributed by atoms with van der Waals surface area (Å²) >= 11 is 0. The first-order chi connectivity index (χ1) is 16.6. The van der Waals surface area contributed by atoms with Crippen LogP contribution in [0.1, 0.15) is 47.4 Å². The molecule has 186 valence electrons. The summed E-state index contributed by atoms with van der Waals surface area (Å²) in [6.45, 7) is 1.89. The molecule has 35 heavy (non-hydrogen) atoms. The number of fused-ring (bicyclic) bond motifs is 1. The van der Waals surface area contributed by atoms with Gasteiger partial charge in [0.1, 0.15) is 11.5 Å². The van der Waals surface area contributed by atoms with Crippen molar-refractivity contribution in [3.05, 3.63) is 53.3 Å². The number of pyridine rings is 1. The average Bonchev–Trinajstić information content (AvgIpc) is 2.82. The Morgan fingerprint density at radius 2 is 1.74 bits per heavy atom. The van der Waals surface area contributed by atoms with E-state index in [9.17, 15) is 18.0 Å². The van der Waals surface area contributed by atoms with Crippen LogP contribution >= 0.6 is 0 Å². The summed E-state index contributed by atoms with van der Waals surface area (Å²) in [7, 11) is 3.92. The molecule has 2 aromatic heterocycles. The lowest BCUT2D eigenvalue weighted by molar-refractivity contribution is -0.141. The van der Waals surface area contributed by atoms with Crippen molar-refractivity contribution < 1.29 is 18.0 Å². The number of amides is 1. The van der Waals surface area contributed by atoms with E-state index < -0.39 is 17.8 Å². The zero-order valence-electron chi connectivity index (χ0n) is 20.0. The van der Waals surface area contributed by atoms with Crippen molar-refractivity contribution in [3.8, 4) is 0 Å². The quantitative estimate of drug-likeness (QED) is 0.520. The molecule has 3 aromatic rings. The molecule has 1 saturated carbocycles. The van der Waals surface area contributed by atoms with Gasteiger partial charge in [0.05, 0.1) is 16.8 Å². The summed E-state index contributed by atoms with van der Waals surface area (Å²) in [6.07, 6.45) is -0.880. The Kier molecular flexibility index (Phi) is 7.09. The van der Waals surface area contributed by atoms with Crippen LogP contribution in [0, 0.1) is 12.8 Å². The van der Waals surface area contributed by atoms with Crippen LogP contribution < -0.4 is 15.5 Å². The van der Waals surface area contributed by atoms with Crippen LogP contribution in [0.2, 0.25) is 0 Å². The van der Waals surface area contributed by atoms with Gasteiger partial charge in [0.2, 0.25) is 5.95 Å². The van der Waals surface area contributed by atoms with E-state index in [0.29, 0.717) is 18.4 Å². The molecular weight excluding hydrogens is 457 g/mol. The SMILES string of the molecule is Cc1nc(C(F)(F)F)ccc1C(=O)NC[C@H]1CC[C@@H](Nc2nc(N(C)C)c3ccccc3n2)CC1. The Labute approximate surface area is 202 Å². The molecule has 1 amide bonds. The summed E-state index contributed by atoms with van der Waals surface area (Å²) < 4.78 is 38.4. The number of aryl methyl sites for hydroxylation is 1. The van der Waals surface area contributed by atoms with Crippen molar-refractivity contribution in [1.82, 2.24) is 20.3 Å². The zero-order valence-corrected chi connectivity index (χ0v) is 20.0. The van der Waals surface area contributed by atoms with Crippen LogP contribution in [0.5, 0.6) is 0 Å². The van der Waals surface area contributed by atoms with Crippen molar-refractivity contribution in [3.63, 3.8) is 0 Å². The normalized spacial score (nSPS) is 18.3. The fourth-order valence-electron chi connectivity index (χ4n) is 4.45. The van der Waals surface area contributed by atoms with Crippen molar-refractivity contribution in [2.45, 2.75) is 44.8 Å². The third-order valence-electron chi connectivity index (χ3n) is 6.36. The molecule has 0 radical (unpaired) electrons. The predicted molar refractivity (Wildman–Crippen MR) is 130 cm³/mol. The number of benzene rings is 1. The Morgan fingerprint density at radius 1 is 1.03 bits per heavy atom. The number of hydrogen-bond donors (Lipinski definition) is 2. The summed E-state index contributed by atoms with van der Waals surface area (Å²) in [5, 5.41) is 7.33. The van der Waals surface area contributed by atoms with Gasteiger partial charge in [0.25, 0.3) is 5.91 Å². The summed E-state index contributed by atoms with van der Waals surface area (Å²) in [4.78, 5) is 27.4. The van der Waals surface area contributed by atoms with Crippen molar-refractivity contribution in [1.29, 1.82) is 0 Å². The lowest BCUT2D eigenvalue weighted by Gasteiger charge is -2.29. The fraction of sp³-hybridized carbons (Fsp3) is 0.440. The molecular formula is C25H29F3N6O. The van der Waals surface area contributed by atoms with Crippen LogP contribution in [0.25, 0.3) is 10.9 Å². The highest BCUT2D eigenvalue weighted by molar-refractivity contribution is 5.95. The number of para-hydroxylation sites is 1. The number of hydrogen-bond acceptors (Lipinski definition) is 6. The molecule has 1 aliphatic carbocycles. The Hall–Kier alpha value is -3.43. The van der Waals surface area contributed by atoms with E-state index in [0.717, 1.165) is 48.5 Å². The average molecular weight is 487 g/mol. The molecule has 0 unspecified atom stereocenters. The fourth-order valence-corrected chi connectivity index (χ4v) is 4.45. The first-order valence-electron chi connectivity index (χ1n) is 11.7. The van der Waals surface area contributed by atoms with Crippen molar-refractivity contribution >= 4 is 28.6 Å². The van der Waals surface area contributed by atoms with Gasteiger partial charge in [-0.05, 0) is 62.8 Å². The van der Waals surface area contributed by atoms with Gasteiger partial charge in [0.15, 0.2) is 0 Å². The van der Waals surface area contributed by atoms with Gasteiger partial charge in [-0.25, -0.2) is 9.97 Å². The Bertz CT molecular complexity index is 1210. The first-order valence-corrected chi connectivity index (χ1v) is 11.7. The van der Waals surface area contributed by atoms with Crippen LogP contribution in [-0.4, -0.2) is 47.5 Å². The van der Waals surface area contributed by atoms with Crippen LogP contribution in [0.3, 0.4) is 0 Å². The number of alkyl halides is 3. The van der Waals surface area contributed by atoms with E-state index in [2.05, 4.69) is 20.6 Å². The van der Waals surface area contributed by atoms with Crippen molar-refractivity contribution in [2.24, 2.45) is 5.92 Å². The van der Waals surface area contributed by atoms with E-state index in [1.54, 1.807) is 0 Å². The standard InChI is InChI=1S/C25H29F3N6O/c1-15-18(12-13-21(30-15)25(26,27)28)23(35)29-14-16-8-10-17(11-9-16)31-24-32-20-7-5-4-6-19(20)22(33-24)34(2)3/h4-7,12-13,16-17H,8-11,14H2,1-3H3,(H,29,35)(H,31,32,33)/t16-,17+. The second kappa shape index (κ2) is 10.1. The Morgan fingerprint density at radius 3 is 2.40 bits per heavy atom. The number of nitrogens with one attached hydrogen (secondary N) is 2. The van der Waals surface area contributed by atoms with Gasteiger partial charge in [-0.3, -0.25) is 4.79 Å². The van der Waals surface area contributed by atoms with Gasteiger partial charge >= 0.3 is 6.18 Å². The molecule has 1 fully saturated rings. The highest BCUT2D eigenvalue weighted by atomic mass is 19.4. The number of aromatic nitrogens is 3. The number of carbonyl (C=O) groups excluding carboxylic acids is 1. The minimum absolute atomic E-state index is 0.0673. The van der Waals surface area contributed by atoms with E-state index in [1.807, 2.05) is 43.3 Å². The number of halogens is 3. The van der Waals surface area contributed by atoms with Crippen LogP contribution in [0.4, 0.5) is 24.9 Å². The molecule has 0 saturated heterocycles. The van der Waals surface area contributed by atoms with E-state index in [-0.39, 0.29) is 17.3 Å². The van der Waals surface area contributed by atoms with Gasteiger partial charge in [-0.15, -0.1) is 0 Å². The maximum absolute atomic E-state index is 12.8. The number of carbonyl (C=O) groups is 1. The van der Waals surface area contributed by atoms with E-state index in [1.165, 1.54) is 13.0 Å². The largest absolute Gasteiger partial charge is 0.433 e. The molecule has 7 nitrogen and oxygen atoms in total. The van der Waals surface area contributed by atoms with Gasteiger partial charge in [-0.1, -0.05) is 12.1 Å². The molecule has 1 aromatic carbocycles. The Balaban J connectivity index is 1.31. The van der Waals surface area contributed by atoms with Gasteiger partial charge < -0.3 is 15.5 Å². The molecule has 1 aliphatic rings. The first kappa shape index (κ1) is 24.7. The predicted octanol–water partition coefficient (Wildman–Crippen LogP) is 4.82. The molecule has 0 atom stereocenters. The minimum atomic E-state index is -4.53. The van der Waals surface area contributed by atoms with Crippen LogP contribution in [0.15, 0.2) is 36.4 Å². The van der Waals surface area contributed by atoms with E-state index in [4.69, 9.17) is 4.98 Å². The number of rotatable bonds is 6. The molecule has 2 heterocycles. The molecule has 0 spiro atoms. The summed E-state index contributed by atoms with van der Waals surface area (Å²) in [5.74, 6) is 1.37. The lowest BCUT2D eigenvalue weighted by Crippen LogP contribution is -2.34. The second-order valence-corrected chi connectivity index (χ2v) is 9.18. The summed E-state index contributed by atoms with van der Waals surface area (Å²) in [5.41, 5.74) is 0.125. The molecule has 4 rings (SSSR count). The molecule has 2 N–H and O–H groups in total. The molecule has 0 aliphatic heterocycles. The zero-order chi connectivity index (χ0) is 25.2. The third-order valence-corrected chi connectivity index (χ3v) is 6.36. The highest BCUT2D eigenvalue weighted by Crippen LogP contribution is 2.29. The number of anilines is 2. The third kappa shape index (κ3) is 5.80. The smallest absolute Gasteiger partial charge is 0.362 e. The second-order valence-electron chi connectivity index (χ2n) is 9.18. The lowest BCUT2D eigenvalue weighted by atomic mass is 9.86.